The Balaban J connectivity index is 2.06. The topological polar surface area (TPSA) is 81.9 Å². The number of rotatable bonds is 6. The molecule has 2 rings (SSSR count). The third-order valence-corrected chi connectivity index (χ3v) is 3.44. The third kappa shape index (κ3) is 3.91. The molecule has 7 heteroatoms. The van der Waals surface area contributed by atoms with Crippen LogP contribution in [0.4, 0.5) is 5.69 Å². The zero-order valence-corrected chi connectivity index (χ0v) is 11.9. The van der Waals surface area contributed by atoms with Crippen molar-refractivity contribution in [1.29, 1.82) is 0 Å². The van der Waals surface area contributed by atoms with Crippen molar-refractivity contribution < 1.29 is 19.2 Å². The molecule has 7 nitrogen and oxygen atoms in total. The molecule has 0 radical (unpaired) electrons. The van der Waals surface area contributed by atoms with Gasteiger partial charge in [0.1, 0.15) is 6.61 Å². The van der Waals surface area contributed by atoms with Crippen LogP contribution in [-0.4, -0.2) is 49.1 Å². The fourth-order valence-corrected chi connectivity index (χ4v) is 2.32. The van der Waals surface area contributed by atoms with E-state index in [9.17, 15) is 14.9 Å². The first kappa shape index (κ1) is 15.2. The fourth-order valence-electron chi connectivity index (χ4n) is 2.32. The lowest BCUT2D eigenvalue weighted by molar-refractivity contribution is -0.385. The summed E-state index contributed by atoms with van der Waals surface area (Å²) < 4.78 is 10.1. The first-order chi connectivity index (χ1) is 10.1. The van der Waals surface area contributed by atoms with Gasteiger partial charge in [0.05, 0.1) is 17.6 Å². The predicted molar refractivity (Wildman–Crippen MR) is 75.6 cm³/mol. The molecule has 0 atom stereocenters. The van der Waals surface area contributed by atoms with Gasteiger partial charge >= 0.3 is 11.7 Å². The molecular weight excluding hydrogens is 276 g/mol. The number of methoxy groups -OCH3 is 1. The average Bonchev–Trinajstić information content (AvgIpc) is 2.99. The molecule has 1 heterocycles. The number of esters is 1. The number of nitro groups is 1. The summed E-state index contributed by atoms with van der Waals surface area (Å²) in [7, 11) is 1.26. The lowest BCUT2D eigenvalue weighted by Gasteiger charge is -2.15. The van der Waals surface area contributed by atoms with Gasteiger partial charge in [0.25, 0.3) is 0 Å². The van der Waals surface area contributed by atoms with Crippen LogP contribution in [0, 0.1) is 10.1 Å². The van der Waals surface area contributed by atoms with Crippen LogP contribution in [0.5, 0.6) is 5.75 Å². The van der Waals surface area contributed by atoms with Gasteiger partial charge in [0.15, 0.2) is 5.75 Å². The van der Waals surface area contributed by atoms with Gasteiger partial charge in [0.2, 0.25) is 0 Å². The highest BCUT2D eigenvalue weighted by Crippen LogP contribution is 2.28. The van der Waals surface area contributed by atoms with E-state index >= 15 is 0 Å². The van der Waals surface area contributed by atoms with Crippen LogP contribution >= 0.6 is 0 Å². The quantitative estimate of drug-likeness (QED) is 0.452. The van der Waals surface area contributed by atoms with E-state index in [4.69, 9.17) is 4.74 Å². The summed E-state index contributed by atoms with van der Waals surface area (Å²) >= 11 is 0. The minimum Gasteiger partial charge on any atom is -0.485 e. The number of carbonyl (C=O) groups excluding carboxylic acids is 1. The summed E-state index contributed by atoms with van der Waals surface area (Å²) in [5.41, 5.74) is 0.0864. The van der Waals surface area contributed by atoms with Crippen LogP contribution in [-0.2, 0) is 4.74 Å². The van der Waals surface area contributed by atoms with Crippen LogP contribution in [0.2, 0.25) is 0 Å². The molecule has 0 aliphatic carbocycles. The Morgan fingerprint density at radius 2 is 2.10 bits per heavy atom. The van der Waals surface area contributed by atoms with Gasteiger partial charge in [-0.2, -0.15) is 0 Å². The van der Waals surface area contributed by atoms with E-state index in [0.717, 1.165) is 19.6 Å². The number of benzene rings is 1. The summed E-state index contributed by atoms with van der Waals surface area (Å²) in [5, 5.41) is 11.0. The maximum absolute atomic E-state index is 11.5. The van der Waals surface area contributed by atoms with E-state index in [1.165, 1.54) is 38.2 Å². The molecule has 0 aromatic heterocycles. The lowest BCUT2D eigenvalue weighted by atomic mass is 10.2. The second kappa shape index (κ2) is 7.03. The van der Waals surface area contributed by atoms with Crippen molar-refractivity contribution in [2.24, 2.45) is 0 Å². The average molecular weight is 294 g/mol. The van der Waals surface area contributed by atoms with Gasteiger partial charge < -0.3 is 9.47 Å². The highest BCUT2D eigenvalue weighted by Gasteiger charge is 2.19. The molecule has 1 aliphatic heterocycles. The molecule has 0 unspecified atom stereocenters. The number of hydrogen-bond acceptors (Lipinski definition) is 6. The van der Waals surface area contributed by atoms with Gasteiger partial charge in [-0.25, -0.2) is 4.79 Å². The van der Waals surface area contributed by atoms with Crippen molar-refractivity contribution in [3.05, 3.63) is 33.9 Å². The summed E-state index contributed by atoms with van der Waals surface area (Å²) in [6.45, 7) is 3.15. The summed E-state index contributed by atoms with van der Waals surface area (Å²) in [6, 6.07) is 3.97. The number of likely N-dealkylation sites (tertiary alicyclic amines) is 1. The van der Waals surface area contributed by atoms with Crippen LogP contribution in [0.15, 0.2) is 18.2 Å². The Kier molecular flexibility index (Phi) is 5.10. The van der Waals surface area contributed by atoms with Crippen LogP contribution in [0.1, 0.15) is 23.2 Å². The number of ether oxygens (including phenoxy) is 2. The van der Waals surface area contributed by atoms with Gasteiger partial charge in [-0.1, -0.05) is 0 Å². The van der Waals surface area contributed by atoms with E-state index in [0.29, 0.717) is 6.61 Å². The SMILES string of the molecule is COC(=O)c1ccc([N+](=O)[O-])c(OCCN2CCCC2)c1. The lowest BCUT2D eigenvalue weighted by Crippen LogP contribution is -2.25. The Bertz CT molecular complexity index is 526. The molecule has 0 bridgehead atoms. The predicted octanol–water partition coefficient (Wildman–Crippen LogP) is 1.86. The minimum atomic E-state index is -0.547. The highest BCUT2D eigenvalue weighted by atomic mass is 16.6. The second-order valence-corrected chi connectivity index (χ2v) is 4.83. The molecule has 0 N–H and O–H groups in total. The van der Waals surface area contributed by atoms with E-state index < -0.39 is 10.9 Å². The van der Waals surface area contributed by atoms with Crippen molar-refractivity contribution in [3.8, 4) is 5.75 Å². The molecule has 0 spiro atoms. The zero-order chi connectivity index (χ0) is 15.2. The van der Waals surface area contributed by atoms with Crippen molar-refractivity contribution in [2.45, 2.75) is 12.8 Å². The maximum atomic E-state index is 11.5. The van der Waals surface area contributed by atoms with Crippen molar-refractivity contribution in [2.75, 3.05) is 33.4 Å². The first-order valence-corrected chi connectivity index (χ1v) is 6.83. The maximum Gasteiger partial charge on any atom is 0.337 e. The minimum absolute atomic E-state index is 0.0992. The normalized spacial score (nSPS) is 14.9. The second-order valence-electron chi connectivity index (χ2n) is 4.83. The molecule has 1 aliphatic rings. The van der Waals surface area contributed by atoms with Crippen molar-refractivity contribution in [1.82, 2.24) is 4.90 Å². The molecule has 21 heavy (non-hydrogen) atoms. The molecule has 114 valence electrons. The molecule has 0 saturated carbocycles. The van der Waals surface area contributed by atoms with Crippen LogP contribution in [0.3, 0.4) is 0 Å². The Labute approximate surface area is 122 Å². The van der Waals surface area contributed by atoms with E-state index in [1.807, 2.05) is 0 Å². The smallest absolute Gasteiger partial charge is 0.337 e. The number of carbonyl (C=O) groups is 1. The molecule has 1 aromatic rings. The summed E-state index contributed by atoms with van der Waals surface area (Å²) in [4.78, 5) is 24.2. The molecule has 1 fully saturated rings. The Hall–Kier alpha value is -2.15. The van der Waals surface area contributed by atoms with E-state index in [-0.39, 0.29) is 17.0 Å². The van der Waals surface area contributed by atoms with E-state index in [1.54, 1.807) is 0 Å². The summed E-state index contributed by atoms with van der Waals surface area (Å²) in [6.07, 6.45) is 2.36. The Morgan fingerprint density at radius 3 is 2.71 bits per heavy atom. The highest BCUT2D eigenvalue weighted by molar-refractivity contribution is 5.90. The van der Waals surface area contributed by atoms with Gasteiger partial charge in [-0.15, -0.1) is 0 Å². The number of hydrogen-bond donors (Lipinski definition) is 0. The molecular formula is C14H18N2O5. The monoisotopic (exact) mass is 294 g/mol. The Morgan fingerprint density at radius 1 is 1.38 bits per heavy atom. The van der Waals surface area contributed by atoms with E-state index in [2.05, 4.69) is 9.64 Å². The van der Waals surface area contributed by atoms with Crippen LogP contribution < -0.4 is 4.74 Å². The van der Waals surface area contributed by atoms with Crippen molar-refractivity contribution >= 4 is 11.7 Å². The number of nitrogens with zero attached hydrogens (tertiary/aromatic N) is 2. The molecule has 0 amide bonds. The molecule has 1 aromatic carbocycles. The first-order valence-electron chi connectivity index (χ1n) is 6.83. The van der Waals surface area contributed by atoms with Gasteiger partial charge in [-0.05, 0) is 32.0 Å². The van der Waals surface area contributed by atoms with Crippen LogP contribution in [0.25, 0.3) is 0 Å². The fraction of sp³-hybridized carbons (Fsp3) is 0.500. The standard InChI is InChI=1S/C14H18N2O5/c1-20-14(17)11-4-5-12(16(18)19)13(10-11)21-9-8-15-6-2-3-7-15/h4-5,10H,2-3,6-9H2,1H3. The molecule has 1 saturated heterocycles. The number of nitro benzene ring substituents is 1. The third-order valence-electron chi connectivity index (χ3n) is 3.44. The van der Waals surface area contributed by atoms with Gasteiger partial charge in [-0.3, -0.25) is 15.0 Å². The largest absolute Gasteiger partial charge is 0.485 e. The summed E-state index contributed by atoms with van der Waals surface area (Å²) in [5.74, 6) is -0.448. The van der Waals surface area contributed by atoms with Crippen molar-refractivity contribution in [3.63, 3.8) is 0 Å². The van der Waals surface area contributed by atoms with Gasteiger partial charge in [0, 0.05) is 18.7 Å². The zero-order valence-electron chi connectivity index (χ0n) is 11.9.